The Morgan fingerprint density at radius 3 is 3.25 bits per heavy atom. The fraction of sp³-hybridized carbons (Fsp3) is 0.900. The molecule has 1 heterocycles. The summed E-state index contributed by atoms with van der Waals surface area (Å²) in [6.07, 6.45) is 5.25. The maximum Gasteiger partial charge on any atom is 0.152 e. The zero-order valence-electron chi connectivity index (χ0n) is 7.73. The molecule has 0 aromatic rings. The number of fused-ring (bicyclic) bond motifs is 2. The average Bonchev–Trinajstić information content (AvgIpc) is 2.41. The van der Waals surface area contributed by atoms with Crippen LogP contribution in [-0.2, 0) is 4.79 Å². The summed E-state index contributed by atoms with van der Waals surface area (Å²) in [7, 11) is 0. The van der Waals surface area contributed by atoms with E-state index in [2.05, 4.69) is 12.2 Å². The summed E-state index contributed by atoms with van der Waals surface area (Å²) in [5, 5.41) is 3.42. The number of nitrogens with one attached hydrogen (secondary N) is 1. The van der Waals surface area contributed by atoms with E-state index in [1.807, 2.05) is 0 Å². The van der Waals surface area contributed by atoms with Gasteiger partial charge in [0.2, 0.25) is 0 Å². The second-order valence-corrected chi connectivity index (χ2v) is 4.20. The zero-order valence-corrected chi connectivity index (χ0v) is 7.73. The molecule has 68 valence electrons. The third kappa shape index (κ3) is 1.09. The van der Waals surface area contributed by atoms with E-state index < -0.39 is 0 Å². The highest BCUT2D eigenvalue weighted by Crippen LogP contribution is 2.35. The number of Topliss-reactive ketones (excluding diaryl/α,β-unsaturated/α-hetero) is 1. The zero-order chi connectivity index (χ0) is 8.60. The number of hydrogen-bond donors (Lipinski definition) is 1. The molecule has 2 atom stereocenters. The summed E-state index contributed by atoms with van der Waals surface area (Å²) >= 11 is 0. The van der Waals surface area contributed by atoms with E-state index in [0.717, 1.165) is 38.1 Å². The summed E-state index contributed by atoms with van der Waals surface area (Å²) in [4.78, 5) is 11.8. The van der Waals surface area contributed by atoms with Crippen LogP contribution in [-0.4, -0.2) is 17.9 Å². The molecule has 0 radical (unpaired) electrons. The largest absolute Gasteiger partial charge is 0.305 e. The smallest absolute Gasteiger partial charge is 0.152 e. The number of rotatable bonds is 1. The van der Waals surface area contributed by atoms with E-state index in [1.165, 1.54) is 6.42 Å². The second kappa shape index (κ2) is 2.84. The third-order valence-electron chi connectivity index (χ3n) is 3.52. The van der Waals surface area contributed by atoms with Crippen molar-refractivity contribution in [2.45, 2.75) is 44.6 Å². The van der Waals surface area contributed by atoms with Gasteiger partial charge in [0.1, 0.15) is 0 Å². The van der Waals surface area contributed by atoms with Gasteiger partial charge in [-0.1, -0.05) is 6.92 Å². The minimum atomic E-state index is -0.110. The SMILES string of the molecule is CCC12CC(CCCC1=O)CN2. The topological polar surface area (TPSA) is 29.1 Å². The Labute approximate surface area is 73.7 Å². The highest BCUT2D eigenvalue weighted by molar-refractivity contribution is 5.89. The summed E-state index contributed by atoms with van der Waals surface area (Å²) in [6.45, 7) is 3.19. The molecular formula is C10H17NO. The van der Waals surface area contributed by atoms with Crippen LogP contribution in [0.25, 0.3) is 0 Å². The van der Waals surface area contributed by atoms with Crippen LogP contribution in [0.1, 0.15) is 39.0 Å². The number of carbonyl (C=O) groups is 1. The van der Waals surface area contributed by atoms with E-state index in [0.29, 0.717) is 5.78 Å². The fourth-order valence-corrected chi connectivity index (χ4v) is 2.65. The van der Waals surface area contributed by atoms with Crippen molar-refractivity contribution >= 4 is 5.78 Å². The van der Waals surface area contributed by atoms with Crippen molar-refractivity contribution in [2.24, 2.45) is 5.92 Å². The van der Waals surface area contributed by atoms with Gasteiger partial charge in [-0.05, 0) is 38.1 Å². The lowest BCUT2D eigenvalue weighted by Gasteiger charge is -2.25. The van der Waals surface area contributed by atoms with Gasteiger partial charge in [-0.15, -0.1) is 0 Å². The molecular weight excluding hydrogens is 150 g/mol. The van der Waals surface area contributed by atoms with E-state index >= 15 is 0 Å². The average molecular weight is 167 g/mol. The van der Waals surface area contributed by atoms with Crippen LogP contribution in [0.15, 0.2) is 0 Å². The molecule has 0 aromatic carbocycles. The van der Waals surface area contributed by atoms with Gasteiger partial charge in [0.15, 0.2) is 5.78 Å². The lowest BCUT2D eigenvalue weighted by molar-refractivity contribution is -0.124. The quantitative estimate of drug-likeness (QED) is 0.641. The minimum absolute atomic E-state index is 0.110. The molecule has 1 aliphatic heterocycles. The highest BCUT2D eigenvalue weighted by Gasteiger charge is 2.44. The Morgan fingerprint density at radius 2 is 2.50 bits per heavy atom. The fourth-order valence-electron chi connectivity index (χ4n) is 2.65. The first-order valence-electron chi connectivity index (χ1n) is 5.05. The molecule has 1 saturated heterocycles. The summed E-state index contributed by atoms with van der Waals surface area (Å²) < 4.78 is 0. The Kier molecular flexibility index (Phi) is 1.95. The minimum Gasteiger partial charge on any atom is -0.305 e. The molecule has 0 spiro atoms. The van der Waals surface area contributed by atoms with Gasteiger partial charge in [0.05, 0.1) is 5.54 Å². The lowest BCUT2D eigenvalue weighted by Crippen LogP contribution is -2.46. The van der Waals surface area contributed by atoms with Crippen molar-refractivity contribution in [3.8, 4) is 0 Å². The van der Waals surface area contributed by atoms with Gasteiger partial charge >= 0.3 is 0 Å². The van der Waals surface area contributed by atoms with Gasteiger partial charge in [-0.3, -0.25) is 4.79 Å². The van der Waals surface area contributed by atoms with Crippen molar-refractivity contribution in [1.82, 2.24) is 5.32 Å². The molecule has 2 bridgehead atoms. The van der Waals surface area contributed by atoms with Crippen LogP contribution in [0, 0.1) is 5.92 Å². The summed E-state index contributed by atoms with van der Waals surface area (Å²) in [5.41, 5.74) is -0.110. The predicted molar refractivity (Wildman–Crippen MR) is 48.0 cm³/mol. The Balaban J connectivity index is 2.22. The van der Waals surface area contributed by atoms with Crippen LogP contribution in [0.5, 0.6) is 0 Å². The maximum absolute atomic E-state index is 11.8. The Hall–Kier alpha value is -0.370. The molecule has 2 heteroatoms. The molecule has 12 heavy (non-hydrogen) atoms. The van der Waals surface area contributed by atoms with Crippen LogP contribution in [0.3, 0.4) is 0 Å². The van der Waals surface area contributed by atoms with Crippen molar-refractivity contribution in [3.63, 3.8) is 0 Å². The summed E-state index contributed by atoms with van der Waals surface area (Å²) in [5.74, 6) is 1.24. The molecule has 2 rings (SSSR count). The Morgan fingerprint density at radius 1 is 1.67 bits per heavy atom. The monoisotopic (exact) mass is 167 g/mol. The number of carbonyl (C=O) groups excluding carboxylic acids is 1. The molecule has 2 fully saturated rings. The van der Waals surface area contributed by atoms with E-state index in [4.69, 9.17) is 0 Å². The van der Waals surface area contributed by atoms with Gasteiger partial charge in [-0.2, -0.15) is 0 Å². The molecule has 2 aliphatic rings. The molecule has 1 saturated carbocycles. The molecule has 0 amide bonds. The maximum atomic E-state index is 11.8. The van der Waals surface area contributed by atoms with Crippen molar-refractivity contribution in [1.29, 1.82) is 0 Å². The van der Waals surface area contributed by atoms with Crippen molar-refractivity contribution in [3.05, 3.63) is 0 Å². The van der Waals surface area contributed by atoms with Gasteiger partial charge in [0.25, 0.3) is 0 Å². The van der Waals surface area contributed by atoms with Crippen LogP contribution < -0.4 is 5.32 Å². The molecule has 1 aliphatic carbocycles. The second-order valence-electron chi connectivity index (χ2n) is 4.20. The lowest BCUT2D eigenvalue weighted by atomic mass is 9.87. The normalized spacial score (nSPS) is 41.4. The van der Waals surface area contributed by atoms with Gasteiger partial charge < -0.3 is 5.32 Å². The molecule has 1 N–H and O–H groups in total. The predicted octanol–water partition coefficient (Wildman–Crippen LogP) is 1.50. The Bertz CT molecular complexity index is 202. The number of ketones is 1. The third-order valence-corrected chi connectivity index (χ3v) is 3.52. The number of hydrogen-bond acceptors (Lipinski definition) is 2. The molecule has 2 unspecified atom stereocenters. The first kappa shape index (κ1) is 8.24. The van der Waals surface area contributed by atoms with Crippen molar-refractivity contribution in [2.75, 3.05) is 6.54 Å². The van der Waals surface area contributed by atoms with Gasteiger partial charge in [-0.25, -0.2) is 0 Å². The van der Waals surface area contributed by atoms with Crippen molar-refractivity contribution < 1.29 is 4.79 Å². The van der Waals surface area contributed by atoms with E-state index in [1.54, 1.807) is 0 Å². The standard InChI is InChI=1S/C10H17NO/c1-2-10-6-8(7-11-10)4-3-5-9(10)12/h8,11H,2-7H2,1H3. The van der Waals surface area contributed by atoms with E-state index in [-0.39, 0.29) is 5.54 Å². The van der Waals surface area contributed by atoms with Crippen LogP contribution in [0.4, 0.5) is 0 Å². The molecule has 0 aromatic heterocycles. The van der Waals surface area contributed by atoms with Crippen LogP contribution >= 0.6 is 0 Å². The highest BCUT2D eigenvalue weighted by atomic mass is 16.1. The van der Waals surface area contributed by atoms with Crippen LogP contribution in [0.2, 0.25) is 0 Å². The first-order valence-corrected chi connectivity index (χ1v) is 5.05. The molecule has 2 nitrogen and oxygen atoms in total. The summed E-state index contributed by atoms with van der Waals surface area (Å²) in [6, 6.07) is 0. The van der Waals surface area contributed by atoms with Gasteiger partial charge in [0, 0.05) is 6.42 Å². The van der Waals surface area contributed by atoms with E-state index in [9.17, 15) is 4.79 Å². The first-order chi connectivity index (χ1) is 5.77.